The quantitative estimate of drug-likeness (QED) is 0.245. The second-order valence-electron chi connectivity index (χ2n) is 9.37. The van der Waals surface area contributed by atoms with E-state index in [1.54, 1.807) is 30.3 Å². The summed E-state index contributed by atoms with van der Waals surface area (Å²) in [6.45, 7) is 1.20. The second kappa shape index (κ2) is 11.6. The fourth-order valence-electron chi connectivity index (χ4n) is 4.76. The van der Waals surface area contributed by atoms with Gasteiger partial charge in [-0.05, 0) is 56.3 Å². The van der Waals surface area contributed by atoms with Gasteiger partial charge in [0.1, 0.15) is 23.8 Å². The Kier molecular flexibility index (Phi) is 8.04. The number of hydrogen-bond acceptors (Lipinski definition) is 5. The third-order valence-corrected chi connectivity index (χ3v) is 7.08. The number of hydrogen-bond donors (Lipinski definition) is 0. The van der Waals surface area contributed by atoms with Crippen LogP contribution in [0.4, 0.5) is 13.2 Å². The molecule has 1 atom stereocenters. The van der Waals surface area contributed by atoms with Crippen LogP contribution in [0.2, 0.25) is 5.02 Å². The molecule has 1 aliphatic rings. The lowest BCUT2D eigenvalue weighted by Crippen LogP contribution is -2.33. The SMILES string of the molecule is Cn1c(CN2CCC(c3cccc(OCc4ccc(Cl)cc4F)n3)CC2)nc2c(O[C@H](F)CF)cccc21. The Labute approximate surface area is 224 Å². The number of ether oxygens (including phenoxy) is 2. The number of aromatic nitrogens is 3. The van der Waals surface area contributed by atoms with Crippen molar-refractivity contribution in [3.05, 3.63) is 82.5 Å². The van der Waals surface area contributed by atoms with Crippen molar-refractivity contribution >= 4 is 22.6 Å². The van der Waals surface area contributed by atoms with Crippen LogP contribution in [0.3, 0.4) is 0 Å². The standard InChI is InChI=1S/C28H28ClF3N4O2/c1-35-23-5-3-6-24(38-25(32)15-30)28(23)34-26(35)16-36-12-10-18(11-13-36)22-4-2-7-27(33-22)37-17-19-8-9-20(29)14-21(19)31/h2-9,14,18,25H,10-13,15-17H2,1H3/t25-/m0/s1. The fourth-order valence-corrected chi connectivity index (χ4v) is 4.92. The molecule has 0 radical (unpaired) electrons. The van der Waals surface area contributed by atoms with Crippen molar-refractivity contribution in [3.63, 3.8) is 0 Å². The average Bonchev–Trinajstić information content (AvgIpc) is 3.24. The lowest BCUT2D eigenvalue weighted by atomic mass is 9.93. The van der Waals surface area contributed by atoms with Crippen LogP contribution in [-0.2, 0) is 20.2 Å². The summed E-state index contributed by atoms with van der Waals surface area (Å²) in [5, 5.41) is 0.344. The summed E-state index contributed by atoms with van der Waals surface area (Å²) in [5.74, 6) is 1.40. The van der Waals surface area contributed by atoms with Gasteiger partial charge < -0.3 is 14.0 Å². The number of alkyl halides is 2. The first kappa shape index (κ1) is 26.3. The predicted octanol–water partition coefficient (Wildman–Crippen LogP) is 6.36. The zero-order chi connectivity index (χ0) is 26.6. The molecule has 2 aromatic carbocycles. The number of nitrogens with zero attached hydrogens (tertiary/aromatic N) is 4. The van der Waals surface area contributed by atoms with E-state index in [1.165, 1.54) is 6.07 Å². The van der Waals surface area contributed by atoms with Crippen molar-refractivity contribution in [2.24, 2.45) is 7.05 Å². The first-order valence-corrected chi connectivity index (χ1v) is 12.9. The molecule has 10 heteroatoms. The van der Waals surface area contributed by atoms with E-state index in [0.29, 0.717) is 28.5 Å². The summed E-state index contributed by atoms with van der Waals surface area (Å²) in [4.78, 5) is 11.7. The molecule has 200 valence electrons. The van der Waals surface area contributed by atoms with Crippen molar-refractivity contribution in [3.8, 4) is 11.6 Å². The summed E-state index contributed by atoms with van der Waals surface area (Å²) in [7, 11) is 1.91. The molecule has 0 unspecified atom stereocenters. The molecule has 38 heavy (non-hydrogen) atoms. The van der Waals surface area contributed by atoms with Crippen LogP contribution in [0.25, 0.3) is 11.0 Å². The zero-order valence-electron chi connectivity index (χ0n) is 20.9. The van der Waals surface area contributed by atoms with Gasteiger partial charge in [0, 0.05) is 35.3 Å². The maximum absolute atomic E-state index is 14.1. The minimum Gasteiger partial charge on any atom is -0.473 e. The summed E-state index contributed by atoms with van der Waals surface area (Å²) in [5.41, 5.74) is 2.70. The van der Waals surface area contributed by atoms with E-state index in [2.05, 4.69) is 14.9 Å². The number of likely N-dealkylation sites (tertiary alicyclic amines) is 1. The molecule has 0 saturated carbocycles. The average molecular weight is 545 g/mol. The Bertz CT molecular complexity index is 1410. The van der Waals surface area contributed by atoms with E-state index in [9.17, 15) is 13.2 Å². The molecule has 1 aliphatic heterocycles. The van der Waals surface area contributed by atoms with Gasteiger partial charge >= 0.3 is 0 Å². The highest BCUT2D eigenvalue weighted by molar-refractivity contribution is 6.30. The van der Waals surface area contributed by atoms with Crippen molar-refractivity contribution in [1.29, 1.82) is 0 Å². The van der Waals surface area contributed by atoms with Crippen LogP contribution in [0, 0.1) is 5.82 Å². The predicted molar refractivity (Wildman–Crippen MR) is 139 cm³/mol. The maximum Gasteiger partial charge on any atom is 0.266 e. The Morgan fingerprint density at radius 2 is 1.87 bits per heavy atom. The number of aryl methyl sites for hydroxylation is 1. The maximum atomic E-state index is 14.1. The minimum absolute atomic E-state index is 0.0719. The Morgan fingerprint density at radius 3 is 2.63 bits per heavy atom. The molecule has 0 spiro atoms. The van der Waals surface area contributed by atoms with E-state index in [4.69, 9.17) is 21.1 Å². The van der Waals surface area contributed by atoms with Crippen LogP contribution in [-0.4, -0.2) is 45.6 Å². The number of imidazole rings is 1. The smallest absolute Gasteiger partial charge is 0.266 e. The van der Waals surface area contributed by atoms with Gasteiger partial charge in [-0.15, -0.1) is 0 Å². The van der Waals surface area contributed by atoms with Gasteiger partial charge in [-0.3, -0.25) is 4.90 Å². The molecule has 2 aromatic heterocycles. The fraction of sp³-hybridized carbons (Fsp3) is 0.357. The van der Waals surface area contributed by atoms with E-state index >= 15 is 0 Å². The molecular formula is C28H28ClF3N4O2. The summed E-state index contributed by atoms with van der Waals surface area (Å²) in [6.07, 6.45) is -0.178. The van der Waals surface area contributed by atoms with Crippen LogP contribution in [0.1, 0.15) is 35.8 Å². The number of piperidine rings is 1. The Morgan fingerprint density at radius 1 is 1.08 bits per heavy atom. The van der Waals surface area contributed by atoms with Gasteiger partial charge in [0.05, 0.1) is 12.1 Å². The van der Waals surface area contributed by atoms with E-state index in [1.807, 2.05) is 29.8 Å². The molecule has 0 N–H and O–H groups in total. The number of para-hydroxylation sites is 1. The number of benzene rings is 2. The minimum atomic E-state index is -2.01. The van der Waals surface area contributed by atoms with Gasteiger partial charge in [0.2, 0.25) is 5.88 Å². The molecule has 0 aliphatic carbocycles. The monoisotopic (exact) mass is 544 g/mol. The largest absolute Gasteiger partial charge is 0.473 e. The van der Waals surface area contributed by atoms with Crippen LogP contribution >= 0.6 is 11.6 Å². The highest BCUT2D eigenvalue weighted by Gasteiger charge is 2.24. The van der Waals surface area contributed by atoms with Crippen molar-refractivity contribution < 1.29 is 22.6 Å². The number of halogens is 4. The van der Waals surface area contributed by atoms with E-state index < -0.39 is 18.8 Å². The number of fused-ring (bicyclic) bond motifs is 1. The van der Waals surface area contributed by atoms with Crippen molar-refractivity contribution in [2.75, 3.05) is 19.8 Å². The normalized spacial score (nSPS) is 15.6. The molecule has 1 saturated heterocycles. The van der Waals surface area contributed by atoms with Crippen LogP contribution in [0.15, 0.2) is 54.6 Å². The van der Waals surface area contributed by atoms with Gasteiger partial charge in [0.25, 0.3) is 6.36 Å². The van der Waals surface area contributed by atoms with Crippen molar-refractivity contribution in [2.45, 2.75) is 38.3 Å². The molecule has 4 aromatic rings. The topological polar surface area (TPSA) is 52.4 Å². The van der Waals surface area contributed by atoms with Gasteiger partial charge in [0.15, 0.2) is 12.4 Å². The number of pyridine rings is 1. The molecular weight excluding hydrogens is 517 g/mol. The zero-order valence-corrected chi connectivity index (χ0v) is 21.7. The third-order valence-electron chi connectivity index (χ3n) is 6.85. The van der Waals surface area contributed by atoms with E-state index in [-0.39, 0.29) is 18.3 Å². The van der Waals surface area contributed by atoms with Gasteiger partial charge in [-0.2, -0.15) is 4.39 Å². The first-order valence-electron chi connectivity index (χ1n) is 12.5. The molecule has 0 bridgehead atoms. The summed E-state index contributed by atoms with van der Waals surface area (Å²) in [6, 6.07) is 15.4. The third kappa shape index (κ3) is 5.89. The van der Waals surface area contributed by atoms with Crippen LogP contribution < -0.4 is 9.47 Å². The highest BCUT2D eigenvalue weighted by Crippen LogP contribution is 2.31. The lowest BCUT2D eigenvalue weighted by Gasteiger charge is -2.31. The van der Waals surface area contributed by atoms with Gasteiger partial charge in [-0.1, -0.05) is 29.8 Å². The molecule has 0 amide bonds. The highest BCUT2D eigenvalue weighted by atomic mass is 35.5. The molecule has 6 nitrogen and oxygen atoms in total. The van der Waals surface area contributed by atoms with Crippen molar-refractivity contribution in [1.82, 2.24) is 19.4 Å². The Balaban J connectivity index is 1.20. The number of rotatable bonds is 9. The molecule has 1 fully saturated rings. The Hall–Kier alpha value is -3.30. The summed E-state index contributed by atoms with van der Waals surface area (Å²) >= 11 is 5.82. The lowest BCUT2D eigenvalue weighted by molar-refractivity contribution is 0.0446. The van der Waals surface area contributed by atoms with E-state index in [0.717, 1.165) is 43.0 Å². The second-order valence-corrected chi connectivity index (χ2v) is 9.81. The van der Waals surface area contributed by atoms with Crippen LogP contribution in [0.5, 0.6) is 11.6 Å². The van der Waals surface area contributed by atoms with Gasteiger partial charge in [-0.25, -0.2) is 18.7 Å². The molecule has 5 rings (SSSR count). The first-order chi connectivity index (χ1) is 18.4. The summed E-state index contributed by atoms with van der Waals surface area (Å²) < 4.78 is 53.0. The molecule has 3 heterocycles.